The third-order valence-electron chi connectivity index (χ3n) is 4.34. The molecule has 2 amide bonds. The number of nitrogens with one attached hydrogen (secondary N) is 2. The van der Waals surface area contributed by atoms with E-state index in [-0.39, 0.29) is 18.0 Å². The van der Waals surface area contributed by atoms with Gasteiger partial charge in [-0.1, -0.05) is 18.2 Å². The Kier molecular flexibility index (Phi) is 5.04. The Hall–Kier alpha value is -2.08. The van der Waals surface area contributed by atoms with Crippen LogP contribution in [0.1, 0.15) is 34.0 Å². The second kappa shape index (κ2) is 7.21. The summed E-state index contributed by atoms with van der Waals surface area (Å²) in [5.41, 5.74) is 2.23. The zero-order valence-electron chi connectivity index (χ0n) is 14.3. The van der Waals surface area contributed by atoms with Crippen LogP contribution in [0, 0.1) is 13.8 Å². The van der Waals surface area contributed by atoms with Gasteiger partial charge in [0, 0.05) is 35.4 Å². The average molecular weight is 345 g/mol. The van der Waals surface area contributed by atoms with Gasteiger partial charge in [0.15, 0.2) is 0 Å². The first kappa shape index (κ1) is 16.8. The fraction of sp³-hybridized carbons (Fsp3) is 0.444. The minimum Gasteiger partial charge on any atom is -0.493 e. The smallest absolute Gasteiger partial charge is 0.315 e. The highest BCUT2D eigenvalue weighted by atomic mass is 32.1. The van der Waals surface area contributed by atoms with Crippen molar-refractivity contribution in [2.24, 2.45) is 0 Å². The zero-order valence-corrected chi connectivity index (χ0v) is 15.1. The second-order valence-electron chi connectivity index (χ2n) is 6.14. The number of benzene rings is 1. The fourth-order valence-corrected chi connectivity index (χ4v) is 3.99. The van der Waals surface area contributed by atoms with Crippen LogP contribution in [0.4, 0.5) is 4.79 Å². The van der Waals surface area contributed by atoms with Gasteiger partial charge in [-0.2, -0.15) is 0 Å². The van der Waals surface area contributed by atoms with Crippen molar-refractivity contribution in [1.82, 2.24) is 15.6 Å². The minimum absolute atomic E-state index is 0.0148. The van der Waals surface area contributed by atoms with E-state index >= 15 is 0 Å². The molecule has 1 aromatic carbocycles. The van der Waals surface area contributed by atoms with Gasteiger partial charge in [-0.15, -0.1) is 11.3 Å². The maximum atomic E-state index is 12.1. The summed E-state index contributed by atoms with van der Waals surface area (Å²) in [5, 5.41) is 7.03. The summed E-state index contributed by atoms with van der Waals surface area (Å²) in [6, 6.07) is 7.90. The molecular formula is C18H23N3O2S. The van der Waals surface area contributed by atoms with Crippen LogP contribution >= 0.6 is 11.3 Å². The largest absolute Gasteiger partial charge is 0.493 e. The Morgan fingerprint density at radius 3 is 2.96 bits per heavy atom. The number of thiazole rings is 1. The number of hydrogen-bond donors (Lipinski definition) is 2. The first-order valence-electron chi connectivity index (χ1n) is 8.23. The van der Waals surface area contributed by atoms with E-state index in [4.69, 9.17) is 4.74 Å². The number of rotatable bonds is 5. The molecule has 2 atom stereocenters. The summed E-state index contributed by atoms with van der Waals surface area (Å²) < 4.78 is 5.69. The van der Waals surface area contributed by atoms with Crippen molar-refractivity contribution in [3.63, 3.8) is 0 Å². The number of amides is 2. The molecule has 2 aromatic rings. The molecule has 0 aliphatic carbocycles. The van der Waals surface area contributed by atoms with Crippen molar-refractivity contribution < 1.29 is 9.53 Å². The number of carbonyl (C=O) groups is 1. The van der Waals surface area contributed by atoms with Gasteiger partial charge in [0.1, 0.15) is 5.75 Å². The monoisotopic (exact) mass is 345 g/mol. The lowest BCUT2D eigenvalue weighted by Gasteiger charge is -2.20. The Balaban J connectivity index is 1.48. The van der Waals surface area contributed by atoms with Gasteiger partial charge in [-0.05, 0) is 26.8 Å². The minimum atomic E-state index is -0.134. The maximum absolute atomic E-state index is 12.1. The van der Waals surface area contributed by atoms with Gasteiger partial charge in [0.25, 0.3) is 0 Å². The van der Waals surface area contributed by atoms with Crippen molar-refractivity contribution in [3.05, 3.63) is 45.4 Å². The van der Waals surface area contributed by atoms with Gasteiger partial charge in [0.2, 0.25) is 0 Å². The fourth-order valence-electron chi connectivity index (χ4n) is 3.05. The molecule has 0 bridgehead atoms. The molecule has 5 nitrogen and oxygen atoms in total. The number of para-hydroxylation sites is 1. The molecule has 1 aromatic heterocycles. The number of aromatic nitrogens is 1. The number of urea groups is 1. The topological polar surface area (TPSA) is 63.2 Å². The van der Waals surface area contributed by atoms with E-state index < -0.39 is 0 Å². The SMILES string of the molecule is Cc1nc(C)c(CCNC(=O)N[C@H](C)[C@@H]2COc3ccccc32)s1. The van der Waals surface area contributed by atoms with Crippen molar-refractivity contribution >= 4 is 17.4 Å². The van der Waals surface area contributed by atoms with Crippen molar-refractivity contribution in [2.45, 2.75) is 39.2 Å². The molecule has 0 fully saturated rings. The highest BCUT2D eigenvalue weighted by molar-refractivity contribution is 7.11. The van der Waals surface area contributed by atoms with Gasteiger partial charge < -0.3 is 15.4 Å². The molecule has 3 rings (SSSR count). The van der Waals surface area contributed by atoms with Crippen LogP contribution in [0.25, 0.3) is 0 Å². The van der Waals surface area contributed by atoms with Gasteiger partial charge >= 0.3 is 6.03 Å². The van der Waals surface area contributed by atoms with Gasteiger partial charge in [0.05, 0.1) is 17.3 Å². The van der Waals surface area contributed by atoms with Crippen LogP contribution in [0.15, 0.2) is 24.3 Å². The van der Waals surface area contributed by atoms with E-state index in [1.54, 1.807) is 11.3 Å². The lowest BCUT2D eigenvalue weighted by Crippen LogP contribution is -2.44. The summed E-state index contributed by atoms with van der Waals surface area (Å²) in [4.78, 5) is 17.8. The molecule has 0 spiro atoms. The van der Waals surface area contributed by atoms with Crippen LogP contribution in [0.2, 0.25) is 0 Å². The molecular weight excluding hydrogens is 322 g/mol. The summed E-state index contributed by atoms with van der Waals surface area (Å²) in [6.07, 6.45) is 0.814. The summed E-state index contributed by atoms with van der Waals surface area (Å²) >= 11 is 1.69. The molecule has 1 aliphatic heterocycles. The van der Waals surface area contributed by atoms with E-state index in [1.165, 1.54) is 10.4 Å². The third kappa shape index (κ3) is 3.70. The molecule has 0 saturated heterocycles. The van der Waals surface area contributed by atoms with E-state index in [2.05, 4.69) is 21.7 Å². The van der Waals surface area contributed by atoms with Crippen LogP contribution in [-0.2, 0) is 6.42 Å². The van der Waals surface area contributed by atoms with Crippen molar-refractivity contribution in [3.8, 4) is 5.75 Å². The van der Waals surface area contributed by atoms with Gasteiger partial charge in [-0.25, -0.2) is 9.78 Å². The Bertz CT molecular complexity index is 729. The zero-order chi connectivity index (χ0) is 17.1. The van der Waals surface area contributed by atoms with Crippen molar-refractivity contribution in [1.29, 1.82) is 0 Å². The molecule has 2 heterocycles. The standard InChI is InChI=1S/C18H23N3O2S/c1-11(15-10-23-16-7-5-4-6-14(15)16)21-18(22)19-9-8-17-12(2)20-13(3)24-17/h4-7,11,15H,8-10H2,1-3H3,(H2,19,21,22)/t11-,15+/m1/s1. The Morgan fingerprint density at radius 1 is 1.42 bits per heavy atom. The van der Waals surface area contributed by atoms with Crippen LogP contribution in [-0.4, -0.2) is 30.2 Å². The van der Waals surface area contributed by atoms with E-state index in [1.807, 2.05) is 39.0 Å². The average Bonchev–Trinajstić information content (AvgIpc) is 3.10. The molecule has 0 radical (unpaired) electrons. The third-order valence-corrected chi connectivity index (χ3v) is 5.47. The molecule has 6 heteroatoms. The highest BCUT2D eigenvalue weighted by Crippen LogP contribution is 2.35. The number of aryl methyl sites for hydroxylation is 2. The highest BCUT2D eigenvalue weighted by Gasteiger charge is 2.29. The predicted octanol–water partition coefficient (Wildman–Crippen LogP) is 3.17. The van der Waals surface area contributed by atoms with Crippen LogP contribution < -0.4 is 15.4 Å². The maximum Gasteiger partial charge on any atom is 0.315 e. The summed E-state index contributed by atoms with van der Waals surface area (Å²) in [7, 11) is 0. The number of nitrogens with zero attached hydrogens (tertiary/aromatic N) is 1. The Morgan fingerprint density at radius 2 is 2.21 bits per heavy atom. The van der Waals surface area contributed by atoms with Crippen LogP contribution in [0.3, 0.4) is 0 Å². The Labute approximate surface area is 146 Å². The summed E-state index contributed by atoms with van der Waals surface area (Å²) in [5.74, 6) is 1.12. The molecule has 24 heavy (non-hydrogen) atoms. The molecule has 1 aliphatic rings. The molecule has 0 unspecified atom stereocenters. The molecule has 0 saturated carbocycles. The first-order valence-corrected chi connectivity index (χ1v) is 9.05. The number of hydrogen-bond acceptors (Lipinski definition) is 4. The van der Waals surface area contributed by atoms with Crippen molar-refractivity contribution in [2.75, 3.05) is 13.2 Å². The molecule has 2 N–H and O–H groups in total. The van der Waals surface area contributed by atoms with Gasteiger partial charge in [-0.3, -0.25) is 0 Å². The second-order valence-corrected chi connectivity index (χ2v) is 7.42. The normalized spacial score (nSPS) is 17.0. The summed E-state index contributed by atoms with van der Waals surface area (Å²) in [6.45, 7) is 7.26. The van der Waals surface area contributed by atoms with E-state index in [0.717, 1.165) is 22.9 Å². The van der Waals surface area contributed by atoms with E-state index in [9.17, 15) is 4.79 Å². The molecule has 128 valence electrons. The first-order chi connectivity index (χ1) is 11.5. The number of carbonyl (C=O) groups excluding carboxylic acids is 1. The number of fused-ring (bicyclic) bond motifs is 1. The van der Waals surface area contributed by atoms with E-state index in [0.29, 0.717) is 13.2 Å². The lowest BCUT2D eigenvalue weighted by molar-refractivity contribution is 0.233. The quantitative estimate of drug-likeness (QED) is 0.875. The van der Waals surface area contributed by atoms with Crippen LogP contribution in [0.5, 0.6) is 5.75 Å². The lowest BCUT2D eigenvalue weighted by atomic mass is 9.94. The predicted molar refractivity (Wildman–Crippen MR) is 96.0 cm³/mol. The number of ether oxygens (including phenoxy) is 1.